The molecule has 21 heavy (non-hydrogen) atoms. The zero-order valence-electron chi connectivity index (χ0n) is 14.0. The molecule has 1 atom stereocenters. The van der Waals surface area contributed by atoms with Gasteiger partial charge in [0, 0.05) is 11.6 Å². The predicted octanol–water partition coefficient (Wildman–Crippen LogP) is 4.44. The minimum Gasteiger partial charge on any atom is -0.292 e. The van der Waals surface area contributed by atoms with Crippen LogP contribution in [-0.2, 0) is 9.63 Å². The molecule has 0 spiro atoms. The van der Waals surface area contributed by atoms with Gasteiger partial charge >= 0.3 is 0 Å². The Morgan fingerprint density at radius 1 is 1.14 bits per heavy atom. The number of hydrogen-bond acceptors (Lipinski definition) is 3. The van der Waals surface area contributed by atoms with Crippen LogP contribution in [0.15, 0.2) is 5.57 Å². The van der Waals surface area contributed by atoms with E-state index in [9.17, 15) is 4.79 Å². The van der Waals surface area contributed by atoms with Gasteiger partial charge in [0.15, 0.2) is 0 Å². The van der Waals surface area contributed by atoms with Crippen LogP contribution in [0, 0.1) is 0 Å². The summed E-state index contributed by atoms with van der Waals surface area (Å²) in [5, 5.41) is 2.21. The zero-order valence-corrected chi connectivity index (χ0v) is 14.0. The lowest BCUT2D eigenvalue weighted by Crippen LogP contribution is -2.50. The van der Waals surface area contributed by atoms with Crippen molar-refractivity contribution in [3.8, 4) is 0 Å². The second-order valence-electron chi connectivity index (χ2n) is 7.25. The fourth-order valence-corrected chi connectivity index (χ4v) is 3.47. The van der Waals surface area contributed by atoms with Crippen LogP contribution >= 0.6 is 0 Å². The van der Waals surface area contributed by atoms with Crippen LogP contribution in [0.4, 0.5) is 0 Å². The third kappa shape index (κ3) is 4.42. The molecule has 1 unspecified atom stereocenters. The summed E-state index contributed by atoms with van der Waals surface area (Å²) in [5.74, 6) is 2.22. The summed E-state index contributed by atoms with van der Waals surface area (Å²) < 4.78 is 0. The van der Waals surface area contributed by atoms with E-state index in [-0.39, 0.29) is 11.6 Å². The van der Waals surface area contributed by atoms with Crippen LogP contribution in [0.5, 0.6) is 0 Å². The largest absolute Gasteiger partial charge is 0.292 e. The van der Waals surface area contributed by atoms with Crippen LogP contribution < -0.4 is 0 Å². The molecule has 3 nitrogen and oxygen atoms in total. The molecular formula is C18H31NO2. The van der Waals surface area contributed by atoms with Gasteiger partial charge < -0.3 is 0 Å². The Morgan fingerprint density at radius 2 is 1.81 bits per heavy atom. The van der Waals surface area contributed by atoms with Gasteiger partial charge in [0.05, 0.1) is 11.6 Å². The summed E-state index contributed by atoms with van der Waals surface area (Å²) in [6.07, 6.45) is 11.5. The topological polar surface area (TPSA) is 29.5 Å². The van der Waals surface area contributed by atoms with E-state index >= 15 is 0 Å². The highest BCUT2D eigenvalue weighted by Gasteiger charge is 2.36. The van der Waals surface area contributed by atoms with Gasteiger partial charge in [-0.2, -0.15) is 5.06 Å². The molecular weight excluding hydrogens is 262 g/mol. The van der Waals surface area contributed by atoms with Crippen molar-refractivity contribution in [2.75, 3.05) is 0 Å². The molecule has 2 aliphatic carbocycles. The van der Waals surface area contributed by atoms with Crippen LogP contribution in [0.25, 0.3) is 0 Å². The van der Waals surface area contributed by atoms with Crippen LogP contribution in [0.2, 0.25) is 0 Å². The van der Waals surface area contributed by atoms with Gasteiger partial charge in [-0.3, -0.25) is 4.84 Å². The molecule has 0 N–H and O–H groups in total. The van der Waals surface area contributed by atoms with Gasteiger partial charge in [0.1, 0.15) is 5.94 Å². The monoisotopic (exact) mass is 293 g/mol. The van der Waals surface area contributed by atoms with E-state index in [0.29, 0.717) is 6.04 Å². The number of rotatable bonds is 5. The summed E-state index contributed by atoms with van der Waals surface area (Å²) in [4.78, 5) is 17.8. The van der Waals surface area contributed by atoms with Crippen LogP contribution in [-0.4, -0.2) is 28.7 Å². The SMILES string of the molecule is CCC(C)(C)ON(C1CCCCC1)C1CCCCC1=C=O. The van der Waals surface area contributed by atoms with E-state index in [1.807, 2.05) is 0 Å². The van der Waals surface area contributed by atoms with Gasteiger partial charge in [-0.1, -0.05) is 32.6 Å². The normalized spacial score (nSPS) is 25.1. The van der Waals surface area contributed by atoms with Gasteiger partial charge in [-0.25, -0.2) is 4.79 Å². The average Bonchev–Trinajstić information content (AvgIpc) is 2.53. The van der Waals surface area contributed by atoms with Crippen molar-refractivity contribution in [1.29, 1.82) is 0 Å². The lowest BCUT2D eigenvalue weighted by atomic mass is 9.87. The van der Waals surface area contributed by atoms with Crippen molar-refractivity contribution in [3.05, 3.63) is 5.57 Å². The van der Waals surface area contributed by atoms with Crippen molar-refractivity contribution >= 4 is 5.94 Å². The predicted molar refractivity (Wildman–Crippen MR) is 85.6 cm³/mol. The van der Waals surface area contributed by atoms with E-state index < -0.39 is 0 Å². The van der Waals surface area contributed by atoms with E-state index in [1.165, 1.54) is 38.5 Å². The number of hydroxylamine groups is 2. The second kappa shape index (κ2) is 7.58. The third-order valence-electron chi connectivity index (χ3n) is 5.15. The second-order valence-corrected chi connectivity index (χ2v) is 7.25. The molecule has 0 bridgehead atoms. The summed E-state index contributed by atoms with van der Waals surface area (Å²) in [6, 6.07) is 0.626. The Balaban J connectivity index is 2.19. The maximum Gasteiger partial charge on any atom is 0.125 e. The van der Waals surface area contributed by atoms with Gasteiger partial charge in [-0.15, -0.1) is 0 Å². The van der Waals surface area contributed by atoms with Gasteiger partial charge in [-0.05, 0) is 52.4 Å². The van der Waals surface area contributed by atoms with Crippen molar-refractivity contribution in [2.24, 2.45) is 0 Å². The van der Waals surface area contributed by atoms with Crippen molar-refractivity contribution in [3.63, 3.8) is 0 Å². The highest BCUT2D eigenvalue weighted by Crippen LogP contribution is 2.34. The quantitative estimate of drug-likeness (QED) is 0.554. The number of hydrogen-bond donors (Lipinski definition) is 0. The Morgan fingerprint density at radius 3 is 2.43 bits per heavy atom. The molecule has 0 aromatic heterocycles. The molecule has 2 rings (SSSR count). The Labute approximate surface area is 129 Å². The Bertz CT molecular complexity index is 379. The standard InChI is InChI=1S/C18H31NO2/c1-4-18(2,3)21-19(16-11-6-5-7-12-16)17-13-9-8-10-15(17)14-20/h16-17H,4-13H2,1-3H3. The first kappa shape index (κ1) is 16.7. The van der Waals surface area contributed by atoms with Crippen molar-refractivity contribution < 1.29 is 9.63 Å². The maximum atomic E-state index is 11.3. The van der Waals surface area contributed by atoms with Gasteiger partial charge in [0.2, 0.25) is 0 Å². The van der Waals surface area contributed by atoms with E-state index in [2.05, 4.69) is 31.8 Å². The summed E-state index contributed by atoms with van der Waals surface area (Å²) in [7, 11) is 0. The molecule has 0 saturated heterocycles. The lowest BCUT2D eigenvalue weighted by molar-refractivity contribution is -0.276. The molecule has 0 radical (unpaired) electrons. The fourth-order valence-electron chi connectivity index (χ4n) is 3.47. The van der Waals surface area contributed by atoms with Crippen LogP contribution in [0.1, 0.15) is 85.0 Å². The molecule has 0 aromatic carbocycles. The van der Waals surface area contributed by atoms with E-state index in [0.717, 1.165) is 31.3 Å². The Hall–Kier alpha value is -0.630. The molecule has 2 fully saturated rings. The average molecular weight is 293 g/mol. The van der Waals surface area contributed by atoms with Crippen LogP contribution in [0.3, 0.4) is 0 Å². The fraction of sp³-hybridized carbons (Fsp3) is 0.889. The minimum absolute atomic E-state index is 0.158. The number of nitrogens with zero attached hydrogens (tertiary/aromatic N) is 1. The van der Waals surface area contributed by atoms with Crippen molar-refractivity contribution in [1.82, 2.24) is 5.06 Å². The maximum absolute atomic E-state index is 11.3. The summed E-state index contributed by atoms with van der Waals surface area (Å²) in [5.41, 5.74) is 0.766. The minimum atomic E-state index is -0.164. The Kier molecular flexibility index (Phi) is 6.04. The van der Waals surface area contributed by atoms with Gasteiger partial charge in [0.25, 0.3) is 0 Å². The van der Waals surface area contributed by atoms with Crippen molar-refractivity contribution in [2.45, 2.75) is 103 Å². The van der Waals surface area contributed by atoms with E-state index in [1.54, 1.807) is 0 Å². The first-order valence-corrected chi connectivity index (χ1v) is 8.78. The molecule has 0 aromatic rings. The summed E-state index contributed by atoms with van der Waals surface area (Å²) in [6.45, 7) is 6.46. The first-order valence-electron chi connectivity index (χ1n) is 8.78. The molecule has 0 aliphatic heterocycles. The molecule has 0 heterocycles. The highest BCUT2D eigenvalue weighted by atomic mass is 16.7. The zero-order chi connectivity index (χ0) is 15.3. The molecule has 120 valence electrons. The molecule has 0 amide bonds. The molecule has 2 aliphatic rings. The lowest BCUT2D eigenvalue weighted by Gasteiger charge is -2.44. The molecule has 3 heteroatoms. The first-order chi connectivity index (χ1) is 10.1. The number of carbonyl (C=O) groups excluding carboxylic acids is 1. The smallest absolute Gasteiger partial charge is 0.125 e. The molecule has 2 saturated carbocycles. The van der Waals surface area contributed by atoms with E-state index in [4.69, 9.17) is 4.84 Å². The third-order valence-corrected chi connectivity index (χ3v) is 5.15. The summed E-state index contributed by atoms with van der Waals surface area (Å²) >= 11 is 0. The highest BCUT2D eigenvalue weighted by molar-refractivity contribution is 5.54.